The highest BCUT2D eigenvalue weighted by atomic mass is 16.4. The number of aliphatic carboxylic acids is 1. The van der Waals surface area contributed by atoms with E-state index in [0.29, 0.717) is 6.42 Å². The van der Waals surface area contributed by atoms with Gasteiger partial charge in [0.25, 0.3) is 0 Å². The average Bonchev–Trinajstić information content (AvgIpc) is 2.23. The first kappa shape index (κ1) is 15.4. The Kier molecular flexibility index (Phi) is 10.5. The molecule has 16 heavy (non-hydrogen) atoms. The molecule has 0 radical (unpaired) electrons. The van der Waals surface area contributed by atoms with E-state index in [9.17, 15) is 4.79 Å². The molecule has 0 aliphatic heterocycles. The number of aliphatic hydroxyl groups is 1. The number of carboxylic acids is 1. The van der Waals surface area contributed by atoms with Crippen LogP contribution in [0.15, 0.2) is 0 Å². The fourth-order valence-electron chi connectivity index (χ4n) is 1.62. The highest BCUT2D eigenvalue weighted by molar-refractivity contribution is 5.66. The van der Waals surface area contributed by atoms with E-state index in [1.165, 1.54) is 0 Å². The lowest BCUT2D eigenvalue weighted by atomic mass is 10.1. The van der Waals surface area contributed by atoms with Crippen molar-refractivity contribution >= 4 is 5.97 Å². The Hall–Kier alpha value is -0.610. The molecule has 0 unspecified atom stereocenters. The Bertz CT molecular complexity index is 174. The number of hydrogen-bond donors (Lipinski definition) is 2. The van der Waals surface area contributed by atoms with Gasteiger partial charge in [0.1, 0.15) is 0 Å². The van der Waals surface area contributed by atoms with E-state index in [4.69, 9.17) is 10.2 Å². The SMILES string of the molecule is CN(CCCCO)CCCCCCC(=O)O. The van der Waals surface area contributed by atoms with Crippen LogP contribution < -0.4 is 0 Å². The number of unbranched alkanes of at least 4 members (excludes halogenated alkanes) is 4. The molecule has 0 aliphatic carbocycles. The van der Waals surface area contributed by atoms with Gasteiger partial charge in [-0.1, -0.05) is 12.8 Å². The van der Waals surface area contributed by atoms with Crippen LogP contribution in [-0.2, 0) is 4.79 Å². The van der Waals surface area contributed by atoms with Crippen molar-refractivity contribution in [3.05, 3.63) is 0 Å². The van der Waals surface area contributed by atoms with Crippen LogP contribution in [0.4, 0.5) is 0 Å². The minimum atomic E-state index is -0.693. The normalized spacial score (nSPS) is 10.9. The Morgan fingerprint density at radius 2 is 1.56 bits per heavy atom. The summed E-state index contributed by atoms with van der Waals surface area (Å²) < 4.78 is 0. The smallest absolute Gasteiger partial charge is 0.303 e. The summed E-state index contributed by atoms with van der Waals surface area (Å²) in [6.45, 7) is 2.39. The standard InChI is InChI=1S/C12H25NO3/c1-13(10-6-7-11-14)9-5-3-2-4-8-12(15)16/h14H,2-11H2,1H3,(H,15,16). The molecular weight excluding hydrogens is 206 g/mol. The molecule has 0 saturated heterocycles. The fraction of sp³-hybridized carbons (Fsp3) is 0.917. The summed E-state index contributed by atoms with van der Waals surface area (Å²) in [5.41, 5.74) is 0. The Morgan fingerprint density at radius 1 is 1.00 bits per heavy atom. The minimum absolute atomic E-state index is 0.281. The quantitative estimate of drug-likeness (QED) is 0.532. The maximum Gasteiger partial charge on any atom is 0.303 e. The summed E-state index contributed by atoms with van der Waals surface area (Å²) in [5, 5.41) is 17.1. The van der Waals surface area contributed by atoms with Crippen LogP contribution in [0.5, 0.6) is 0 Å². The maximum absolute atomic E-state index is 10.3. The second-order valence-corrected chi connectivity index (χ2v) is 4.29. The van der Waals surface area contributed by atoms with Crippen molar-refractivity contribution < 1.29 is 15.0 Å². The maximum atomic E-state index is 10.3. The van der Waals surface area contributed by atoms with Gasteiger partial charge in [-0.25, -0.2) is 0 Å². The molecule has 0 aromatic heterocycles. The molecule has 2 N–H and O–H groups in total. The van der Waals surface area contributed by atoms with Gasteiger partial charge in [0.15, 0.2) is 0 Å². The van der Waals surface area contributed by atoms with Crippen LogP contribution in [0, 0.1) is 0 Å². The van der Waals surface area contributed by atoms with E-state index < -0.39 is 5.97 Å². The number of nitrogens with zero attached hydrogens (tertiary/aromatic N) is 1. The van der Waals surface area contributed by atoms with E-state index in [1.807, 2.05) is 0 Å². The van der Waals surface area contributed by atoms with Gasteiger partial charge in [-0.2, -0.15) is 0 Å². The molecule has 0 atom stereocenters. The van der Waals surface area contributed by atoms with E-state index >= 15 is 0 Å². The molecule has 0 aromatic carbocycles. The van der Waals surface area contributed by atoms with Gasteiger partial charge in [0.2, 0.25) is 0 Å². The summed E-state index contributed by atoms with van der Waals surface area (Å²) in [6.07, 6.45) is 6.27. The lowest BCUT2D eigenvalue weighted by molar-refractivity contribution is -0.137. The minimum Gasteiger partial charge on any atom is -0.481 e. The molecular formula is C12H25NO3. The molecule has 0 aliphatic rings. The molecule has 0 bridgehead atoms. The zero-order chi connectivity index (χ0) is 12.2. The molecule has 0 rings (SSSR count). The van der Waals surface area contributed by atoms with E-state index in [2.05, 4.69) is 11.9 Å². The summed E-state index contributed by atoms with van der Waals surface area (Å²) in [6, 6.07) is 0. The van der Waals surface area contributed by atoms with Gasteiger partial charge >= 0.3 is 5.97 Å². The van der Waals surface area contributed by atoms with Crippen molar-refractivity contribution in [2.45, 2.75) is 44.9 Å². The third-order valence-corrected chi connectivity index (χ3v) is 2.63. The summed E-state index contributed by atoms with van der Waals surface area (Å²) in [5.74, 6) is -0.693. The van der Waals surface area contributed by atoms with Gasteiger partial charge in [-0.3, -0.25) is 4.79 Å². The zero-order valence-electron chi connectivity index (χ0n) is 10.3. The molecule has 0 saturated carbocycles. The average molecular weight is 231 g/mol. The Balaban J connectivity index is 3.14. The van der Waals surface area contributed by atoms with E-state index in [0.717, 1.165) is 51.6 Å². The summed E-state index contributed by atoms with van der Waals surface area (Å²) in [4.78, 5) is 12.5. The van der Waals surface area contributed by atoms with Crippen molar-refractivity contribution in [3.63, 3.8) is 0 Å². The Labute approximate surface area is 98.3 Å². The predicted octanol–water partition coefficient (Wildman–Crippen LogP) is 1.73. The second-order valence-electron chi connectivity index (χ2n) is 4.29. The van der Waals surface area contributed by atoms with Crippen LogP contribution in [0.25, 0.3) is 0 Å². The van der Waals surface area contributed by atoms with Crippen molar-refractivity contribution in [2.75, 3.05) is 26.7 Å². The first-order chi connectivity index (χ1) is 7.66. The number of hydrogen-bond acceptors (Lipinski definition) is 3. The number of carbonyl (C=O) groups is 1. The highest BCUT2D eigenvalue weighted by Crippen LogP contribution is 2.04. The molecule has 0 spiro atoms. The van der Waals surface area contributed by atoms with Crippen LogP contribution in [0.1, 0.15) is 44.9 Å². The third kappa shape index (κ3) is 11.5. The number of rotatable bonds is 11. The molecule has 0 aromatic rings. The molecule has 4 nitrogen and oxygen atoms in total. The largest absolute Gasteiger partial charge is 0.481 e. The topological polar surface area (TPSA) is 60.8 Å². The second kappa shape index (κ2) is 10.9. The highest BCUT2D eigenvalue weighted by Gasteiger charge is 1.99. The van der Waals surface area contributed by atoms with Crippen molar-refractivity contribution in [1.29, 1.82) is 0 Å². The van der Waals surface area contributed by atoms with Crippen LogP contribution in [0.3, 0.4) is 0 Å². The Morgan fingerprint density at radius 3 is 2.12 bits per heavy atom. The monoisotopic (exact) mass is 231 g/mol. The van der Waals surface area contributed by atoms with Gasteiger partial charge < -0.3 is 15.1 Å². The van der Waals surface area contributed by atoms with Crippen LogP contribution in [0.2, 0.25) is 0 Å². The van der Waals surface area contributed by atoms with E-state index in [1.54, 1.807) is 0 Å². The molecule has 0 heterocycles. The summed E-state index contributed by atoms with van der Waals surface area (Å²) >= 11 is 0. The number of aliphatic hydroxyl groups excluding tert-OH is 1. The molecule has 0 fully saturated rings. The van der Waals surface area contributed by atoms with Crippen molar-refractivity contribution in [2.24, 2.45) is 0 Å². The van der Waals surface area contributed by atoms with Gasteiger partial charge in [-0.15, -0.1) is 0 Å². The lowest BCUT2D eigenvalue weighted by Crippen LogP contribution is -2.21. The van der Waals surface area contributed by atoms with Crippen molar-refractivity contribution in [3.8, 4) is 0 Å². The zero-order valence-corrected chi connectivity index (χ0v) is 10.3. The van der Waals surface area contributed by atoms with Crippen LogP contribution >= 0.6 is 0 Å². The molecule has 4 heteroatoms. The third-order valence-electron chi connectivity index (χ3n) is 2.63. The van der Waals surface area contributed by atoms with Gasteiger partial charge in [0, 0.05) is 13.0 Å². The summed E-state index contributed by atoms with van der Waals surface area (Å²) in [7, 11) is 2.09. The predicted molar refractivity (Wildman–Crippen MR) is 64.5 cm³/mol. The molecule has 0 amide bonds. The fourth-order valence-corrected chi connectivity index (χ4v) is 1.62. The first-order valence-electron chi connectivity index (χ1n) is 6.18. The van der Waals surface area contributed by atoms with Gasteiger partial charge in [0.05, 0.1) is 0 Å². The first-order valence-corrected chi connectivity index (χ1v) is 6.18. The molecule has 96 valence electrons. The van der Waals surface area contributed by atoms with E-state index in [-0.39, 0.29) is 6.61 Å². The van der Waals surface area contributed by atoms with Crippen LogP contribution in [-0.4, -0.2) is 47.8 Å². The number of carboxylic acid groups (broad SMARTS) is 1. The van der Waals surface area contributed by atoms with Gasteiger partial charge in [-0.05, 0) is 45.8 Å². The van der Waals surface area contributed by atoms with Crippen molar-refractivity contribution in [1.82, 2.24) is 4.90 Å². The lowest BCUT2D eigenvalue weighted by Gasteiger charge is -2.15.